The molecule has 11 nitrogen and oxygen atoms in total. The molecule has 14 unspecified atom stereocenters. The standard InChI is InChI=1S/C8H13N.C8H15N.2C7H13N.C6H12N2.C6H14N2.3C6H11N/c1-2-7-4-8(7,3-1)6-9-5-7;1-3-7-5-2-6-8(4-1)9-7;1-2-6-4-8-5-7(6)3-1;1-2-6-4-5-7(3-1)8-6;1-2-6-4-7-3-5(1)8-6;1-5-3-7-4-6(2)8-5;2*1-2-6-3-5(1)4-7-6;1-2-6-4-3-5(1)7-6/h9H,1-6H2;7-9H,1-6H2;2*6-8H,1-5H2;5-8H,1-4H2;5-8H,3-4H2,1-2H3;3*5-7H,1-4H2. The van der Waals surface area contributed by atoms with Crippen molar-refractivity contribution >= 4 is 0 Å². The van der Waals surface area contributed by atoms with E-state index in [-0.39, 0.29) is 0 Å². The van der Waals surface area contributed by atoms with Gasteiger partial charge < -0.3 is 58.5 Å². The minimum Gasteiger partial charge on any atom is -0.316 e. The predicted octanol–water partition coefficient (Wildman–Crippen LogP) is 7.21. The maximum Gasteiger partial charge on any atom is 0.0196 e. The van der Waals surface area contributed by atoms with Crippen LogP contribution in [0.15, 0.2) is 0 Å². The van der Waals surface area contributed by atoms with Gasteiger partial charge in [0.25, 0.3) is 0 Å². The topological polar surface area (TPSA) is 132 Å². The Kier molecular flexibility index (Phi) is 20.3. The summed E-state index contributed by atoms with van der Waals surface area (Å²) >= 11 is 0. The summed E-state index contributed by atoms with van der Waals surface area (Å²) in [6.07, 6.45) is 44.0. The van der Waals surface area contributed by atoms with Crippen LogP contribution in [0.3, 0.4) is 0 Å². The fraction of sp³-hybridized carbons (Fsp3) is 1.00. The average molecular weight is 989 g/mol. The Balaban J connectivity index is 0.0000000923. The Bertz CT molecular complexity index is 1310. The molecule has 5 aliphatic carbocycles. The molecule has 13 aliphatic heterocycles. The van der Waals surface area contributed by atoms with Crippen molar-refractivity contribution in [2.75, 3.05) is 65.4 Å². The van der Waals surface area contributed by atoms with E-state index >= 15 is 0 Å². The van der Waals surface area contributed by atoms with Gasteiger partial charge in [-0.3, -0.25) is 0 Å². The van der Waals surface area contributed by atoms with Crippen molar-refractivity contribution in [3.8, 4) is 0 Å². The summed E-state index contributed by atoms with van der Waals surface area (Å²) in [5, 5.41) is 38.3. The zero-order chi connectivity index (χ0) is 48.3. The second-order valence-corrected chi connectivity index (χ2v) is 27.5. The number of hydrogen-bond acceptors (Lipinski definition) is 11. The molecule has 0 aromatic rings. The lowest BCUT2D eigenvalue weighted by Crippen LogP contribution is -2.52. The van der Waals surface area contributed by atoms with Crippen molar-refractivity contribution in [3.63, 3.8) is 0 Å². The van der Waals surface area contributed by atoms with Crippen LogP contribution in [0.1, 0.15) is 206 Å². The van der Waals surface area contributed by atoms with Gasteiger partial charge >= 0.3 is 0 Å². The van der Waals surface area contributed by atoms with Crippen LogP contribution < -0.4 is 58.5 Å². The molecule has 18 aliphatic rings. The first-order chi connectivity index (χ1) is 34.8. The molecule has 408 valence electrons. The molecule has 13 heterocycles. The molecule has 13 saturated heterocycles. The zero-order valence-corrected chi connectivity index (χ0v) is 46.0. The maximum absolute atomic E-state index is 3.65. The molecule has 71 heavy (non-hydrogen) atoms. The van der Waals surface area contributed by atoms with E-state index in [1.165, 1.54) is 239 Å². The number of nitrogens with one attached hydrogen (secondary N) is 11. The van der Waals surface area contributed by atoms with E-state index < -0.39 is 0 Å². The molecule has 0 radical (unpaired) electrons. The van der Waals surface area contributed by atoms with Crippen molar-refractivity contribution in [1.29, 1.82) is 0 Å². The van der Waals surface area contributed by atoms with Gasteiger partial charge in [-0.05, 0) is 235 Å². The van der Waals surface area contributed by atoms with E-state index in [0.29, 0.717) is 12.1 Å². The third-order valence-corrected chi connectivity index (χ3v) is 21.9. The first-order valence-corrected chi connectivity index (χ1v) is 31.9. The summed E-state index contributed by atoms with van der Waals surface area (Å²) in [5.74, 6) is 4.25. The van der Waals surface area contributed by atoms with Crippen LogP contribution >= 0.6 is 0 Å². The normalized spacial score (nSPS) is 47.1. The Hall–Kier alpha value is -0.440. The third-order valence-electron chi connectivity index (χ3n) is 21.9. The van der Waals surface area contributed by atoms with Gasteiger partial charge in [-0.1, -0.05) is 32.1 Å². The molecule has 14 atom stereocenters. The fourth-order valence-electron chi connectivity index (χ4n) is 17.6. The monoisotopic (exact) mass is 988 g/mol. The molecular weight excluding hydrogens is 875 g/mol. The molecule has 11 heteroatoms. The molecule has 0 aromatic heterocycles. The minimum atomic E-state index is 0.652. The smallest absolute Gasteiger partial charge is 0.0196 e. The van der Waals surface area contributed by atoms with Crippen LogP contribution in [-0.4, -0.2) is 138 Å². The van der Waals surface area contributed by atoms with Gasteiger partial charge in [0.2, 0.25) is 0 Å². The van der Waals surface area contributed by atoms with Gasteiger partial charge in [0.15, 0.2) is 0 Å². The van der Waals surface area contributed by atoms with Crippen LogP contribution in [-0.2, 0) is 0 Å². The van der Waals surface area contributed by atoms with Crippen LogP contribution in [0.25, 0.3) is 0 Å². The van der Waals surface area contributed by atoms with Crippen LogP contribution in [0, 0.1) is 34.5 Å². The van der Waals surface area contributed by atoms with Crippen molar-refractivity contribution in [1.82, 2.24) is 58.5 Å². The van der Waals surface area contributed by atoms with Crippen molar-refractivity contribution < 1.29 is 0 Å². The summed E-state index contributed by atoms with van der Waals surface area (Å²) in [5.41, 5.74) is 1.68. The van der Waals surface area contributed by atoms with Crippen molar-refractivity contribution in [3.05, 3.63) is 0 Å². The predicted molar refractivity (Wildman–Crippen MR) is 297 cm³/mol. The summed E-state index contributed by atoms with van der Waals surface area (Å²) < 4.78 is 0. The van der Waals surface area contributed by atoms with Crippen LogP contribution in [0.5, 0.6) is 0 Å². The summed E-state index contributed by atoms with van der Waals surface area (Å²) in [6.45, 7) is 16.9. The lowest BCUT2D eigenvalue weighted by Gasteiger charge is -2.35. The number of rotatable bonds is 0. The van der Waals surface area contributed by atoms with E-state index in [1.54, 1.807) is 6.42 Å². The van der Waals surface area contributed by atoms with Gasteiger partial charge in [-0.25, -0.2) is 0 Å². The molecule has 0 aromatic carbocycles. The highest BCUT2D eigenvalue weighted by molar-refractivity contribution is 5.23. The highest BCUT2D eigenvalue weighted by atomic mass is 15.1. The Morgan fingerprint density at radius 1 is 0.296 bits per heavy atom. The molecule has 0 spiro atoms. The van der Waals surface area contributed by atoms with E-state index in [0.717, 1.165) is 108 Å². The molecule has 18 fully saturated rings. The number of fused-ring (bicyclic) bond motifs is 13. The van der Waals surface area contributed by atoms with Gasteiger partial charge in [0.05, 0.1) is 0 Å². The third kappa shape index (κ3) is 15.6. The lowest BCUT2D eigenvalue weighted by atomic mass is 9.87. The van der Waals surface area contributed by atoms with Crippen molar-refractivity contribution in [2.45, 2.75) is 279 Å². The minimum absolute atomic E-state index is 0.652. The lowest BCUT2D eigenvalue weighted by molar-refractivity contribution is 0.243. The van der Waals surface area contributed by atoms with E-state index in [2.05, 4.69) is 72.3 Å². The number of hydrogen-bond donors (Lipinski definition) is 11. The highest BCUT2D eigenvalue weighted by Crippen LogP contribution is 2.75. The molecule has 0 amide bonds. The first kappa shape index (κ1) is 53.9. The fourth-order valence-corrected chi connectivity index (χ4v) is 17.6. The van der Waals surface area contributed by atoms with E-state index in [9.17, 15) is 0 Å². The Morgan fingerprint density at radius 3 is 0.972 bits per heavy atom. The summed E-state index contributed by atoms with van der Waals surface area (Å²) in [7, 11) is 0. The van der Waals surface area contributed by atoms with Gasteiger partial charge in [-0.2, -0.15) is 0 Å². The van der Waals surface area contributed by atoms with E-state index in [1.807, 2.05) is 0 Å². The highest BCUT2D eigenvalue weighted by Gasteiger charge is 2.71. The molecular formula is C60H113N11. The second kappa shape index (κ2) is 26.7. The Morgan fingerprint density at radius 2 is 0.662 bits per heavy atom. The van der Waals surface area contributed by atoms with Crippen LogP contribution in [0.4, 0.5) is 0 Å². The zero-order valence-electron chi connectivity index (χ0n) is 46.0. The van der Waals surface area contributed by atoms with Gasteiger partial charge in [0.1, 0.15) is 0 Å². The average Bonchev–Trinajstić information content (AvgIpc) is 4.24. The van der Waals surface area contributed by atoms with Crippen molar-refractivity contribution in [2.24, 2.45) is 34.5 Å². The number of piperidine rings is 6. The Labute approximate surface area is 435 Å². The molecule has 5 saturated carbocycles. The SMILES string of the molecule is C1CC23CNCC2(C1)C3.C1CC2CC1CN2.C1CC2CC1CN2.C1CC2CCC(C1)N2.C1CC2CCC1N2.C1CC2CCCC(C1)N2.C1CC2CNCC1N2.C1CC2CNCC2C1.CC1CNCC(C)N1. The molecule has 12 bridgehead atoms. The van der Waals surface area contributed by atoms with E-state index in [4.69, 9.17) is 0 Å². The quantitative estimate of drug-likeness (QED) is 0.121. The summed E-state index contributed by atoms with van der Waals surface area (Å²) in [6, 6.07) is 10.2. The second-order valence-electron chi connectivity index (χ2n) is 27.5. The maximum atomic E-state index is 3.65. The van der Waals surface area contributed by atoms with Gasteiger partial charge in [-0.15, -0.1) is 0 Å². The van der Waals surface area contributed by atoms with Crippen LogP contribution in [0.2, 0.25) is 0 Å². The van der Waals surface area contributed by atoms with Gasteiger partial charge in [0, 0.05) is 112 Å². The largest absolute Gasteiger partial charge is 0.316 e. The summed E-state index contributed by atoms with van der Waals surface area (Å²) in [4.78, 5) is 0. The number of piperazine rings is 2. The first-order valence-electron chi connectivity index (χ1n) is 31.9. The molecule has 11 N–H and O–H groups in total. The molecule has 18 rings (SSSR count).